The van der Waals surface area contributed by atoms with Crippen molar-refractivity contribution in [3.05, 3.63) is 35.9 Å². The van der Waals surface area contributed by atoms with Crippen LogP contribution in [0.3, 0.4) is 0 Å². The molecule has 1 aromatic rings. The Kier molecular flexibility index (Phi) is 9.35. The summed E-state index contributed by atoms with van der Waals surface area (Å²) in [5, 5.41) is 12.1. The standard InChI is InChI=1S/C20H30N2O4S/c1-15(18(24)25)20(3,4)14-21-19(26)22(12-13-27-16(2)23)11-10-17-8-6-5-7-9-17/h5-9,15H,10-14H2,1-4H3,(H,21,26)(H,24,25)/t15-/m1/s1. The van der Waals surface area contributed by atoms with Crippen LogP contribution in [0.4, 0.5) is 4.79 Å². The molecule has 0 radical (unpaired) electrons. The van der Waals surface area contributed by atoms with Gasteiger partial charge in [0.05, 0.1) is 5.92 Å². The molecule has 0 aliphatic heterocycles. The number of carboxylic acid groups (broad SMARTS) is 1. The van der Waals surface area contributed by atoms with Crippen LogP contribution < -0.4 is 5.32 Å². The molecule has 0 fully saturated rings. The molecule has 6 nitrogen and oxygen atoms in total. The molecule has 0 spiro atoms. The van der Waals surface area contributed by atoms with Gasteiger partial charge in [-0.05, 0) is 17.4 Å². The highest BCUT2D eigenvalue weighted by atomic mass is 32.2. The van der Waals surface area contributed by atoms with Crippen molar-refractivity contribution in [2.24, 2.45) is 11.3 Å². The maximum absolute atomic E-state index is 12.7. The van der Waals surface area contributed by atoms with Crippen LogP contribution in [0.2, 0.25) is 0 Å². The van der Waals surface area contributed by atoms with Crippen LogP contribution in [0.25, 0.3) is 0 Å². The Hall–Kier alpha value is -2.02. The maximum atomic E-state index is 12.7. The molecule has 0 aliphatic rings. The van der Waals surface area contributed by atoms with Crippen LogP contribution in [0, 0.1) is 11.3 Å². The van der Waals surface area contributed by atoms with Crippen LogP contribution in [-0.4, -0.2) is 52.5 Å². The average Bonchev–Trinajstić information content (AvgIpc) is 2.62. The second kappa shape index (κ2) is 11.0. The molecule has 27 heavy (non-hydrogen) atoms. The van der Waals surface area contributed by atoms with Gasteiger partial charge < -0.3 is 15.3 Å². The van der Waals surface area contributed by atoms with Crippen LogP contribution in [-0.2, 0) is 16.0 Å². The molecule has 0 aliphatic carbocycles. The van der Waals surface area contributed by atoms with Gasteiger partial charge in [0.25, 0.3) is 0 Å². The lowest BCUT2D eigenvalue weighted by Gasteiger charge is -2.31. The molecule has 0 bridgehead atoms. The number of aliphatic carboxylic acids is 1. The molecule has 0 unspecified atom stereocenters. The number of nitrogens with one attached hydrogen (secondary N) is 1. The lowest BCUT2D eigenvalue weighted by molar-refractivity contribution is -0.144. The molecule has 1 rings (SSSR count). The first-order valence-corrected chi connectivity index (χ1v) is 10.0. The molecule has 2 N–H and O–H groups in total. The zero-order chi connectivity index (χ0) is 20.4. The van der Waals surface area contributed by atoms with Crippen LogP contribution in [0.1, 0.15) is 33.3 Å². The largest absolute Gasteiger partial charge is 0.481 e. The Bertz CT molecular complexity index is 634. The summed E-state index contributed by atoms with van der Waals surface area (Å²) in [6, 6.07) is 9.66. The molecule has 2 amide bonds. The molecule has 0 saturated heterocycles. The number of carbonyl (C=O) groups is 3. The Morgan fingerprint density at radius 3 is 2.37 bits per heavy atom. The van der Waals surface area contributed by atoms with E-state index in [9.17, 15) is 19.5 Å². The van der Waals surface area contributed by atoms with Gasteiger partial charge in [-0.3, -0.25) is 9.59 Å². The molecule has 1 atom stereocenters. The fraction of sp³-hybridized carbons (Fsp3) is 0.550. The Morgan fingerprint density at radius 1 is 1.19 bits per heavy atom. The predicted molar refractivity (Wildman–Crippen MR) is 109 cm³/mol. The number of amides is 2. The third-order valence-corrected chi connectivity index (χ3v) is 5.50. The molecule has 150 valence electrons. The van der Waals surface area contributed by atoms with Crippen molar-refractivity contribution in [2.75, 3.05) is 25.4 Å². The lowest BCUT2D eigenvalue weighted by Crippen LogP contribution is -2.47. The first kappa shape index (κ1) is 23.0. The van der Waals surface area contributed by atoms with Crippen molar-refractivity contribution in [3.8, 4) is 0 Å². The van der Waals surface area contributed by atoms with Gasteiger partial charge in [-0.1, -0.05) is 62.9 Å². The fourth-order valence-corrected chi connectivity index (χ4v) is 3.02. The minimum atomic E-state index is -0.881. The fourth-order valence-electron chi connectivity index (χ4n) is 2.43. The lowest BCUT2D eigenvalue weighted by atomic mass is 9.80. The van der Waals surface area contributed by atoms with E-state index in [0.29, 0.717) is 25.3 Å². The number of hydrogen-bond acceptors (Lipinski definition) is 4. The second-order valence-corrected chi connectivity index (χ2v) is 8.54. The van der Waals surface area contributed by atoms with Crippen molar-refractivity contribution in [3.63, 3.8) is 0 Å². The van der Waals surface area contributed by atoms with Gasteiger partial charge in [0.1, 0.15) is 0 Å². The van der Waals surface area contributed by atoms with Crippen molar-refractivity contribution in [1.82, 2.24) is 10.2 Å². The summed E-state index contributed by atoms with van der Waals surface area (Å²) in [5.74, 6) is -0.927. The quantitative estimate of drug-likeness (QED) is 0.636. The average molecular weight is 395 g/mol. The Labute approximate surface area is 165 Å². The number of rotatable bonds is 10. The third-order valence-electron chi connectivity index (χ3n) is 4.70. The summed E-state index contributed by atoms with van der Waals surface area (Å²) in [5.41, 5.74) is 0.565. The van der Waals surface area contributed by atoms with Gasteiger partial charge >= 0.3 is 12.0 Å². The topological polar surface area (TPSA) is 86.7 Å². The molecule has 1 aromatic carbocycles. The maximum Gasteiger partial charge on any atom is 0.317 e. The molecular formula is C20H30N2O4S. The van der Waals surface area contributed by atoms with Gasteiger partial charge in [-0.25, -0.2) is 4.79 Å². The summed E-state index contributed by atoms with van der Waals surface area (Å²) >= 11 is 1.19. The van der Waals surface area contributed by atoms with E-state index in [2.05, 4.69) is 5.32 Å². The number of benzene rings is 1. The van der Waals surface area contributed by atoms with E-state index in [1.807, 2.05) is 44.2 Å². The summed E-state index contributed by atoms with van der Waals surface area (Å²) in [7, 11) is 0. The SMILES string of the molecule is CC(=O)SCCN(CCc1ccccc1)C(=O)NCC(C)(C)[C@H](C)C(=O)O. The summed E-state index contributed by atoms with van der Waals surface area (Å²) < 4.78 is 0. The minimum absolute atomic E-state index is 0.0230. The Balaban J connectivity index is 2.67. The zero-order valence-corrected chi connectivity index (χ0v) is 17.3. The number of nitrogens with zero attached hydrogens (tertiary/aromatic N) is 1. The molecule has 7 heteroatoms. The molecule has 0 heterocycles. The summed E-state index contributed by atoms with van der Waals surface area (Å²) in [4.78, 5) is 36.7. The van der Waals surface area contributed by atoms with Gasteiger partial charge in [-0.15, -0.1) is 0 Å². The smallest absolute Gasteiger partial charge is 0.317 e. The van der Waals surface area contributed by atoms with Crippen molar-refractivity contribution in [1.29, 1.82) is 0 Å². The number of hydrogen-bond donors (Lipinski definition) is 2. The van der Waals surface area contributed by atoms with Gasteiger partial charge in [0.2, 0.25) is 0 Å². The number of carboxylic acids is 1. The number of carbonyl (C=O) groups excluding carboxylic acids is 2. The van der Waals surface area contributed by atoms with E-state index in [4.69, 9.17) is 0 Å². The first-order valence-electron chi connectivity index (χ1n) is 9.06. The third kappa shape index (κ3) is 8.47. The minimum Gasteiger partial charge on any atom is -0.481 e. The van der Waals surface area contributed by atoms with Crippen molar-refractivity contribution >= 4 is 28.9 Å². The monoisotopic (exact) mass is 394 g/mol. The zero-order valence-electron chi connectivity index (χ0n) is 16.5. The molecular weight excluding hydrogens is 364 g/mol. The van der Waals surface area contributed by atoms with Gasteiger partial charge in [0.15, 0.2) is 5.12 Å². The van der Waals surface area contributed by atoms with E-state index in [1.54, 1.807) is 11.8 Å². The highest BCUT2D eigenvalue weighted by Crippen LogP contribution is 2.25. The predicted octanol–water partition coefficient (Wildman–Crippen LogP) is 3.27. The highest BCUT2D eigenvalue weighted by Gasteiger charge is 2.32. The van der Waals surface area contributed by atoms with Crippen LogP contribution >= 0.6 is 11.8 Å². The van der Waals surface area contributed by atoms with Gasteiger partial charge in [-0.2, -0.15) is 0 Å². The van der Waals surface area contributed by atoms with Crippen molar-refractivity contribution in [2.45, 2.75) is 34.1 Å². The number of thioether (sulfide) groups is 1. The first-order chi connectivity index (χ1) is 12.6. The number of urea groups is 1. The van der Waals surface area contributed by atoms with E-state index in [1.165, 1.54) is 18.7 Å². The van der Waals surface area contributed by atoms with E-state index in [0.717, 1.165) is 5.56 Å². The highest BCUT2D eigenvalue weighted by molar-refractivity contribution is 8.13. The van der Waals surface area contributed by atoms with E-state index >= 15 is 0 Å². The normalized spacial score (nSPS) is 12.3. The molecule has 0 saturated carbocycles. The van der Waals surface area contributed by atoms with Gasteiger partial charge in [0, 0.05) is 32.3 Å². The van der Waals surface area contributed by atoms with Crippen LogP contribution in [0.5, 0.6) is 0 Å². The Morgan fingerprint density at radius 2 is 1.81 bits per heavy atom. The van der Waals surface area contributed by atoms with E-state index < -0.39 is 17.3 Å². The second-order valence-electron chi connectivity index (χ2n) is 7.27. The summed E-state index contributed by atoms with van der Waals surface area (Å²) in [6.45, 7) is 8.06. The summed E-state index contributed by atoms with van der Waals surface area (Å²) in [6.07, 6.45) is 0.716. The van der Waals surface area contributed by atoms with Crippen molar-refractivity contribution < 1.29 is 19.5 Å². The van der Waals surface area contributed by atoms with Crippen LogP contribution in [0.15, 0.2) is 30.3 Å². The molecule has 0 aromatic heterocycles. The van der Waals surface area contributed by atoms with E-state index in [-0.39, 0.29) is 17.7 Å².